The van der Waals surface area contributed by atoms with Crippen molar-refractivity contribution >= 4 is 52.2 Å². The molecule has 42 heavy (non-hydrogen) atoms. The van der Waals surface area contributed by atoms with Gasteiger partial charge in [-0.05, 0) is 54.1 Å². The molecule has 2 aliphatic heterocycles. The second-order valence-electron chi connectivity index (χ2n) is 9.57. The average Bonchev–Trinajstić information content (AvgIpc) is 3.40. The van der Waals surface area contributed by atoms with E-state index in [2.05, 4.69) is 10.3 Å². The van der Waals surface area contributed by atoms with Gasteiger partial charge in [-0.15, -0.1) is 0 Å². The van der Waals surface area contributed by atoms with Gasteiger partial charge in [0, 0.05) is 28.9 Å². The molecule has 2 aromatic heterocycles. The van der Waals surface area contributed by atoms with Gasteiger partial charge in [0.1, 0.15) is 17.6 Å². The first-order chi connectivity index (χ1) is 20.0. The van der Waals surface area contributed by atoms with Gasteiger partial charge in [-0.2, -0.15) is 13.2 Å². The van der Waals surface area contributed by atoms with Crippen LogP contribution in [0.4, 0.5) is 28.9 Å². The van der Waals surface area contributed by atoms with Crippen LogP contribution in [-0.2, 0) is 27.1 Å². The van der Waals surface area contributed by atoms with Crippen LogP contribution in [0.3, 0.4) is 0 Å². The molecule has 2 unspecified atom stereocenters. The maximum atomic E-state index is 13.8. The summed E-state index contributed by atoms with van der Waals surface area (Å²) in [5.41, 5.74) is -0.371. The van der Waals surface area contributed by atoms with Crippen molar-refractivity contribution in [2.75, 3.05) is 10.2 Å². The number of amides is 3. The van der Waals surface area contributed by atoms with Crippen LogP contribution in [0.1, 0.15) is 21.9 Å². The van der Waals surface area contributed by atoms with Crippen LogP contribution in [0.2, 0.25) is 0 Å². The number of rotatable bonds is 5. The Morgan fingerprint density at radius 2 is 1.76 bits per heavy atom. The zero-order chi connectivity index (χ0) is 29.8. The number of benzene rings is 2. The summed E-state index contributed by atoms with van der Waals surface area (Å²) in [5, 5.41) is 1.82. The lowest BCUT2D eigenvalue weighted by Crippen LogP contribution is -2.33. The lowest BCUT2D eigenvalue weighted by Gasteiger charge is -2.30. The van der Waals surface area contributed by atoms with Crippen molar-refractivity contribution in [2.45, 2.75) is 28.9 Å². The summed E-state index contributed by atoms with van der Waals surface area (Å²) in [5.74, 6) is -4.34. The van der Waals surface area contributed by atoms with Crippen molar-refractivity contribution in [2.24, 2.45) is 5.92 Å². The summed E-state index contributed by atoms with van der Waals surface area (Å²) < 4.78 is 54.7. The zero-order valence-corrected chi connectivity index (χ0v) is 22.8. The number of carbonyl (C=O) groups is 3. The molecule has 1 saturated heterocycles. The Morgan fingerprint density at radius 1 is 1.00 bits per heavy atom. The van der Waals surface area contributed by atoms with Gasteiger partial charge in [0.25, 0.3) is 0 Å². The highest BCUT2D eigenvalue weighted by Gasteiger charge is 2.57. The van der Waals surface area contributed by atoms with E-state index in [0.717, 1.165) is 46.2 Å². The van der Waals surface area contributed by atoms with Gasteiger partial charge < -0.3 is 5.32 Å². The highest BCUT2D eigenvalue weighted by molar-refractivity contribution is 8.00. The molecular weight excluding hydrogens is 596 g/mol. The summed E-state index contributed by atoms with van der Waals surface area (Å²) in [6.45, 7) is -0.425. The highest BCUT2D eigenvalue weighted by atomic mass is 32.2. The monoisotopic (exact) mass is 614 g/mol. The van der Waals surface area contributed by atoms with E-state index in [1.54, 1.807) is 12.1 Å². The van der Waals surface area contributed by atoms with Gasteiger partial charge in [0.05, 0.1) is 22.2 Å². The molecule has 4 aromatic rings. The Bertz CT molecular complexity index is 1770. The molecule has 1 N–H and O–H groups in total. The molecule has 214 valence electrons. The topological polar surface area (TPSA) is 101 Å². The van der Waals surface area contributed by atoms with E-state index in [0.29, 0.717) is 21.2 Å². The van der Waals surface area contributed by atoms with Crippen LogP contribution in [0, 0.1) is 11.7 Å². The van der Waals surface area contributed by atoms with Crippen molar-refractivity contribution in [3.63, 3.8) is 0 Å². The maximum absolute atomic E-state index is 13.8. The zero-order valence-electron chi connectivity index (χ0n) is 21.2. The van der Waals surface area contributed by atoms with Gasteiger partial charge >= 0.3 is 11.0 Å². The number of pyridine rings is 1. The summed E-state index contributed by atoms with van der Waals surface area (Å²) in [6.07, 6.45) is -1.66. The molecule has 0 aliphatic carbocycles. The predicted molar refractivity (Wildman–Crippen MR) is 147 cm³/mol. The molecule has 4 heterocycles. The standard InChI is InChI=1S/C28H18F4N4O4S2/c29-16-6-8-17(9-7-16)34-19(37)13-35-26-23(42-27(35)40)20(14-3-2-10-33-12-14)21-22(41-26)25(39)36(24(21)38)18-5-1-4-15(11-18)28(30,31)32/h1-12,20-22H,13H2,(H,34,37)/t20-,21?,22?/m0/s1. The number of halogens is 4. The number of thiazole rings is 1. The van der Waals surface area contributed by atoms with Crippen LogP contribution in [0.15, 0.2) is 82.9 Å². The Morgan fingerprint density at radius 3 is 2.45 bits per heavy atom. The normalized spacial score (nSPS) is 19.9. The average molecular weight is 615 g/mol. The third kappa shape index (κ3) is 4.90. The SMILES string of the molecule is O=C(Cn1c2c(sc1=O)[C@@H](c1cccnc1)C1C(=O)N(c3cccc(C(F)(F)F)c3)C(=O)C1S2)Nc1ccc(F)cc1. The van der Waals surface area contributed by atoms with Crippen molar-refractivity contribution < 1.29 is 31.9 Å². The van der Waals surface area contributed by atoms with Crippen LogP contribution in [0.5, 0.6) is 0 Å². The number of hydrogen-bond donors (Lipinski definition) is 1. The van der Waals surface area contributed by atoms with E-state index in [1.165, 1.54) is 47.3 Å². The Kier molecular flexibility index (Phi) is 6.97. The molecule has 2 aromatic carbocycles. The molecular formula is C28H18F4N4O4S2. The Labute approximate surface area is 243 Å². The fourth-order valence-corrected chi connectivity index (χ4v) is 7.90. The lowest BCUT2D eigenvalue weighted by molar-refractivity contribution is -0.137. The number of nitrogens with zero attached hydrogens (tertiary/aromatic N) is 3. The molecule has 0 spiro atoms. The Hall–Kier alpha value is -4.30. The number of fused-ring (bicyclic) bond motifs is 2. The molecule has 1 fully saturated rings. The number of aromatic nitrogens is 2. The maximum Gasteiger partial charge on any atom is 0.416 e. The van der Waals surface area contributed by atoms with Crippen LogP contribution in [-0.4, -0.2) is 32.5 Å². The van der Waals surface area contributed by atoms with Crippen LogP contribution < -0.4 is 15.1 Å². The molecule has 3 amide bonds. The number of nitrogens with one attached hydrogen (secondary N) is 1. The summed E-state index contributed by atoms with van der Waals surface area (Å²) in [7, 11) is 0. The summed E-state index contributed by atoms with van der Waals surface area (Å²) >= 11 is 1.76. The van der Waals surface area contributed by atoms with Crippen LogP contribution in [0.25, 0.3) is 0 Å². The van der Waals surface area contributed by atoms with Crippen LogP contribution >= 0.6 is 23.1 Å². The predicted octanol–water partition coefficient (Wildman–Crippen LogP) is 4.90. The number of anilines is 2. The molecule has 2 aliphatic rings. The third-order valence-electron chi connectivity index (χ3n) is 6.95. The highest BCUT2D eigenvalue weighted by Crippen LogP contribution is 2.54. The van der Waals surface area contributed by atoms with Gasteiger partial charge in [-0.3, -0.25) is 28.7 Å². The number of thioether (sulfide) groups is 1. The molecule has 3 atom stereocenters. The number of carbonyl (C=O) groups excluding carboxylic acids is 3. The first-order valence-corrected chi connectivity index (χ1v) is 14.1. The molecule has 14 heteroatoms. The van der Waals surface area contributed by atoms with E-state index in [-0.39, 0.29) is 5.69 Å². The number of imide groups is 1. The second-order valence-corrected chi connectivity index (χ2v) is 11.7. The number of alkyl halides is 3. The van der Waals surface area contributed by atoms with E-state index < -0.39 is 63.8 Å². The van der Waals surface area contributed by atoms with Crippen molar-refractivity contribution in [1.29, 1.82) is 0 Å². The van der Waals surface area contributed by atoms with Gasteiger partial charge in [-0.25, -0.2) is 9.29 Å². The first kappa shape index (κ1) is 27.8. The first-order valence-electron chi connectivity index (χ1n) is 12.4. The molecule has 0 radical (unpaired) electrons. The van der Waals surface area contributed by atoms with Gasteiger partial charge in [-0.1, -0.05) is 35.2 Å². The second kappa shape index (κ2) is 10.5. The fourth-order valence-electron chi connectivity index (χ4n) is 5.13. The molecule has 8 nitrogen and oxygen atoms in total. The Balaban J connectivity index is 1.39. The van der Waals surface area contributed by atoms with Gasteiger partial charge in [0.15, 0.2) is 0 Å². The number of hydrogen-bond acceptors (Lipinski definition) is 7. The quantitative estimate of drug-likeness (QED) is 0.254. The molecule has 0 bridgehead atoms. The van der Waals surface area contributed by atoms with E-state index in [4.69, 9.17) is 0 Å². The van der Waals surface area contributed by atoms with Crippen molar-refractivity contribution in [3.8, 4) is 0 Å². The van der Waals surface area contributed by atoms with Crippen molar-refractivity contribution in [1.82, 2.24) is 9.55 Å². The van der Waals surface area contributed by atoms with E-state index in [1.807, 2.05) is 0 Å². The minimum Gasteiger partial charge on any atom is -0.325 e. The largest absolute Gasteiger partial charge is 0.416 e. The minimum absolute atomic E-state index is 0.209. The van der Waals surface area contributed by atoms with Gasteiger partial charge in [0.2, 0.25) is 17.7 Å². The summed E-state index contributed by atoms with van der Waals surface area (Å²) in [4.78, 5) is 58.4. The summed E-state index contributed by atoms with van der Waals surface area (Å²) in [6, 6.07) is 12.4. The van der Waals surface area contributed by atoms with E-state index in [9.17, 15) is 36.7 Å². The lowest BCUT2D eigenvalue weighted by atomic mass is 9.84. The van der Waals surface area contributed by atoms with Crippen molar-refractivity contribution in [3.05, 3.63) is 105 Å². The molecule has 6 rings (SSSR count). The van der Waals surface area contributed by atoms with E-state index >= 15 is 0 Å². The molecule has 0 saturated carbocycles. The fraction of sp³-hybridized carbons (Fsp3) is 0.179. The smallest absolute Gasteiger partial charge is 0.325 e. The third-order valence-corrected chi connectivity index (χ3v) is 9.56. The minimum atomic E-state index is -4.68.